The molecule has 5 heteroatoms. The summed E-state index contributed by atoms with van der Waals surface area (Å²) >= 11 is 0. The standard InChI is InChI=1S/C16H16FNO3/c1-2-21-15-8-7-13(9-14(15)17)18-10-11-3-5-12(6-4-11)16(19)20/h3-9,18H,2,10H2,1H3,(H,19,20). The largest absolute Gasteiger partial charge is 0.491 e. The summed E-state index contributed by atoms with van der Waals surface area (Å²) in [5.41, 5.74) is 1.79. The van der Waals surface area contributed by atoms with Gasteiger partial charge in [-0.05, 0) is 36.8 Å². The van der Waals surface area contributed by atoms with Crippen molar-refractivity contribution in [2.45, 2.75) is 13.5 Å². The molecule has 0 spiro atoms. The van der Waals surface area contributed by atoms with Crippen LogP contribution in [-0.2, 0) is 6.54 Å². The molecule has 0 heterocycles. The summed E-state index contributed by atoms with van der Waals surface area (Å²) in [7, 11) is 0. The minimum Gasteiger partial charge on any atom is -0.491 e. The fourth-order valence-electron chi connectivity index (χ4n) is 1.85. The Morgan fingerprint density at radius 1 is 1.24 bits per heavy atom. The number of nitrogens with one attached hydrogen (secondary N) is 1. The fourth-order valence-corrected chi connectivity index (χ4v) is 1.85. The number of anilines is 1. The third-order valence-electron chi connectivity index (χ3n) is 2.93. The number of carbonyl (C=O) groups is 1. The number of halogens is 1. The first kappa shape index (κ1) is 14.8. The highest BCUT2D eigenvalue weighted by atomic mass is 19.1. The van der Waals surface area contributed by atoms with Gasteiger partial charge in [-0.3, -0.25) is 0 Å². The fraction of sp³-hybridized carbons (Fsp3) is 0.188. The lowest BCUT2D eigenvalue weighted by Crippen LogP contribution is -2.02. The molecule has 4 nitrogen and oxygen atoms in total. The lowest BCUT2D eigenvalue weighted by molar-refractivity contribution is 0.0697. The summed E-state index contributed by atoms with van der Waals surface area (Å²) in [6.07, 6.45) is 0. The topological polar surface area (TPSA) is 58.6 Å². The van der Waals surface area contributed by atoms with Crippen LogP contribution >= 0.6 is 0 Å². The molecule has 0 aliphatic rings. The third kappa shape index (κ3) is 3.95. The Balaban J connectivity index is 1.99. The van der Waals surface area contributed by atoms with E-state index in [1.807, 2.05) is 0 Å². The maximum absolute atomic E-state index is 13.7. The van der Waals surface area contributed by atoms with E-state index in [1.54, 1.807) is 31.2 Å². The van der Waals surface area contributed by atoms with Crippen molar-refractivity contribution in [1.82, 2.24) is 0 Å². The molecule has 0 bridgehead atoms. The van der Waals surface area contributed by atoms with Gasteiger partial charge in [-0.1, -0.05) is 12.1 Å². The van der Waals surface area contributed by atoms with Crippen molar-refractivity contribution in [2.24, 2.45) is 0 Å². The molecule has 0 saturated heterocycles. The molecular formula is C16H16FNO3. The van der Waals surface area contributed by atoms with Crippen LogP contribution in [0.4, 0.5) is 10.1 Å². The second-order valence-electron chi connectivity index (χ2n) is 4.43. The number of carboxylic acids is 1. The summed E-state index contributed by atoms with van der Waals surface area (Å²) < 4.78 is 18.8. The number of hydrogen-bond acceptors (Lipinski definition) is 3. The molecular weight excluding hydrogens is 273 g/mol. The van der Waals surface area contributed by atoms with E-state index in [1.165, 1.54) is 18.2 Å². The van der Waals surface area contributed by atoms with Crippen molar-refractivity contribution >= 4 is 11.7 Å². The Hall–Kier alpha value is -2.56. The molecule has 2 rings (SSSR count). The van der Waals surface area contributed by atoms with Crippen LogP contribution in [0.5, 0.6) is 5.75 Å². The van der Waals surface area contributed by atoms with Crippen molar-refractivity contribution in [1.29, 1.82) is 0 Å². The highest BCUT2D eigenvalue weighted by molar-refractivity contribution is 5.87. The van der Waals surface area contributed by atoms with Crippen LogP contribution in [-0.4, -0.2) is 17.7 Å². The average Bonchev–Trinajstić information content (AvgIpc) is 2.48. The number of ether oxygens (including phenoxy) is 1. The van der Waals surface area contributed by atoms with Crippen LogP contribution in [0.2, 0.25) is 0 Å². The van der Waals surface area contributed by atoms with Gasteiger partial charge < -0.3 is 15.2 Å². The van der Waals surface area contributed by atoms with E-state index in [2.05, 4.69) is 5.32 Å². The Morgan fingerprint density at radius 3 is 2.52 bits per heavy atom. The lowest BCUT2D eigenvalue weighted by atomic mass is 10.1. The molecule has 0 saturated carbocycles. The van der Waals surface area contributed by atoms with Crippen molar-refractivity contribution in [3.63, 3.8) is 0 Å². The second kappa shape index (κ2) is 6.74. The van der Waals surface area contributed by atoms with Gasteiger partial charge in [-0.15, -0.1) is 0 Å². The molecule has 0 fully saturated rings. The maximum atomic E-state index is 13.7. The van der Waals surface area contributed by atoms with Crippen LogP contribution in [0.1, 0.15) is 22.8 Å². The molecule has 0 unspecified atom stereocenters. The minimum atomic E-state index is -0.955. The molecule has 0 amide bonds. The van der Waals surface area contributed by atoms with Gasteiger partial charge in [0.25, 0.3) is 0 Å². The molecule has 21 heavy (non-hydrogen) atoms. The molecule has 0 aliphatic heterocycles. The van der Waals surface area contributed by atoms with E-state index in [0.717, 1.165) is 5.56 Å². The number of carboxylic acid groups (broad SMARTS) is 1. The van der Waals surface area contributed by atoms with E-state index in [0.29, 0.717) is 18.8 Å². The van der Waals surface area contributed by atoms with E-state index in [-0.39, 0.29) is 11.3 Å². The summed E-state index contributed by atoms with van der Waals surface area (Å²) in [6, 6.07) is 11.2. The van der Waals surface area contributed by atoms with Gasteiger partial charge in [0.2, 0.25) is 0 Å². The lowest BCUT2D eigenvalue weighted by Gasteiger charge is -2.09. The molecule has 0 aromatic heterocycles. The van der Waals surface area contributed by atoms with Crippen molar-refractivity contribution in [3.05, 3.63) is 59.4 Å². The van der Waals surface area contributed by atoms with Gasteiger partial charge in [-0.25, -0.2) is 9.18 Å². The Bertz CT molecular complexity index is 626. The van der Waals surface area contributed by atoms with Gasteiger partial charge in [0.05, 0.1) is 12.2 Å². The molecule has 2 aromatic rings. The zero-order chi connectivity index (χ0) is 15.2. The van der Waals surface area contributed by atoms with Crippen LogP contribution in [0, 0.1) is 5.82 Å². The van der Waals surface area contributed by atoms with Crippen molar-refractivity contribution in [2.75, 3.05) is 11.9 Å². The predicted octanol–water partition coefficient (Wildman–Crippen LogP) is 3.53. The predicted molar refractivity (Wildman–Crippen MR) is 78.3 cm³/mol. The van der Waals surface area contributed by atoms with Gasteiger partial charge >= 0.3 is 5.97 Å². The van der Waals surface area contributed by atoms with Crippen LogP contribution < -0.4 is 10.1 Å². The van der Waals surface area contributed by atoms with Crippen LogP contribution in [0.15, 0.2) is 42.5 Å². The smallest absolute Gasteiger partial charge is 0.335 e. The van der Waals surface area contributed by atoms with E-state index >= 15 is 0 Å². The minimum absolute atomic E-state index is 0.230. The highest BCUT2D eigenvalue weighted by Gasteiger charge is 2.05. The Kier molecular flexibility index (Phi) is 4.77. The summed E-state index contributed by atoms with van der Waals surface area (Å²) in [5, 5.41) is 11.9. The summed E-state index contributed by atoms with van der Waals surface area (Å²) in [6.45, 7) is 2.69. The molecule has 0 radical (unpaired) electrons. The first-order valence-electron chi connectivity index (χ1n) is 6.58. The number of benzene rings is 2. The Labute approximate surface area is 122 Å². The van der Waals surface area contributed by atoms with E-state index in [9.17, 15) is 9.18 Å². The molecule has 2 N–H and O–H groups in total. The molecule has 0 aliphatic carbocycles. The zero-order valence-corrected chi connectivity index (χ0v) is 11.6. The van der Waals surface area contributed by atoms with Gasteiger partial charge in [0, 0.05) is 18.3 Å². The number of hydrogen-bond donors (Lipinski definition) is 2. The first-order valence-corrected chi connectivity index (χ1v) is 6.58. The van der Waals surface area contributed by atoms with E-state index < -0.39 is 11.8 Å². The molecule has 2 aromatic carbocycles. The first-order chi connectivity index (χ1) is 10.1. The Morgan fingerprint density at radius 2 is 1.95 bits per heavy atom. The average molecular weight is 289 g/mol. The third-order valence-corrected chi connectivity index (χ3v) is 2.93. The number of aromatic carboxylic acids is 1. The molecule has 0 atom stereocenters. The van der Waals surface area contributed by atoms with Crippen molar-refractivity contribution < 1.29 is 19.0 Å². The summed E-state index contributed by atoms with van der Waals surface area (Å²) in [5.74, 6) is -1.14. The second-order valence-corrected chi connectivity index (χ2v) is 4.43. The van der Waals surface area contributed by atoms with Crippen LogP contribution in [0.3, 0.4) is 0 Å². The maximum Gasteiger partial charge on any atom is 0.335 e. The normalized spacial score (nSPS) is 10.2. The molecule has 110 valence electrons. The summed E-state index contributed by atoms with van der Waals surface area (Å²) in [4.78, 5) is 10.7. The monoisotopic (exact) mass is 289 g/mol. The van der Waals surface area contributed by atoms with Crippen molar-refractivity contribution in [3.8, 4) is 5.75 Å². The van der Waals surface area contributed by atoms with Crippen LogP contribution in [0.25, 0.3) is 0 Å². The zero-order valence-electron chi connectivity index (χ0n) is 11.6. The highest BCUT2D eigenvalue weighted by Crippen LogP contribution is 2.21. The van der Waals surface area contributed by atoms with Gasteiger partial charge in [0.15, 0.2) is 11.6 Å². The van der Waals surface area contributed by atoms with Gasteiger partial charge in [-0.2, -0.15) is 0 Å². The van der Waals surface area contributed by atoms with E-state index in [4.69, 9.17) is 9.84 Å². The quantitative estimate of drug-likeness (QED) is 0.854. The number of rotatable bonds is 6. The van der Waals surface area contributed by atoms with Gasteiger partial charge in [0.1, 0.15) is 0 Å². The SMILES string of the molecule is CCOc1ccc(NCc2ccc(C(=O)O)cc2)cc1F.